The Kier molecular flexibility index (Phi) is 4.48. The van der Waals surface area contributed by atoms with Crippen molar-refractivity contribution in [1.82, 2.24) is 5.32 Å². The van der Waals surface area contributed by atoms with Crippen LogP contribution >= 0.6 is 0 Å². The van der Waals surface area contributed by atoms with Crippen molar-refractivity contribution >= 4 is 0 Å². The highest BCUT2D eigenvalue weighted by molar-refractivity contribution is 4.97. The summed E-state index contributed by atoms with van der Waals surface area (Å²) in [7, 11) is 0. The lowest BCUT2D eigenvalue weighted by Crippen LogP contribution is -2.53. The van der Waals surface area contributed by atoms with E-state index in [4.69, 9.17) is 4.74 Å². The summed E-state index contributed by atoms with van der Waals surface area (Å²) in [5.41, 5.74) is 0.0985. The van der Waals surface area contributed by atoms with Gasteiger partial charge in [0, 0.05) is 12.6 Å². The van der Waals surface area contributed by atoms with Gasteiger partial charge in [-0.2, -0.15) is 0 Å². The van der Waals surface area contributed by atoms with Gasteiger partial charge in [-0.1, -0.05) is 26.7 Å². The summed E-state index contributed by atoms with van der Waals surface area (Å²) in [5, 5.41) is 3.72. The van der Waals surface area contributed by atoms with Gasteiger partial charge in [0.05, 0.1) is 5.60 Å². The monoisotopic (exact) mass is 239 g/mol. The third kappa shape index (κ3) is 3.03. The van der Waals surface area contributed by atoms with Gasteiger partial charge in [-0.05, 0) is 51.0 Å². The largest absolute Gasteiger partial charge is 0.374 e. The van der Waals surface area contributed by atoms with Crippen molar-refractivity contribution in [3.8, 4) is 0 Å². The molecule has 1 aliphatic heterocycles. The van der Waals surface area contributed by atoms with Crippen LogP contribution in [0.2, 0.25) is 0 Å². The first-order valence-electron chi connectivity index (χ1n) is 7.53. The van der Waals surface area contributed by atoms with Crippen LogP contribution < -0.4 is 5.32 Å². The standard InChI is InChI=1S/C15H29NO/c1-4-16-14(15(3)10-5-11-17-15)13-8-6-12(2)7-9-13/h12-14,16H,4-11H2,1-3H3. The molecule has 1 N–H and O–H groups in total. The van der Waals surface area contributed by atoms with Gasteiger partial charge in [0.2, 0.25) is 0 Å². The second-order valence-electron chi connectivity index (χ2n) is 6.32. The lowest BCUT2D eigenvalue weighted by molar-refractivity contribution is -0.0350. The number of ether oxygens (including phenoxy) is 1. The van der Waals surface area contributed by atoms with E-state index in [0.717, 1.165) is 25.0 Å². The molecule has 2 atom stereocenters. The number of nitrogens with one attached hydrogen (secondary N) is 1. The van der Waals surface area contributed by atoms with Gasteiger partial charge in [0.1, 0.15) is 0 Å². The summed E-state index contributed by atoms with van der Waals surface area (Å²) in [4.78, 5) is 0. The number of hydrogen-bond donors (Lipinski definition) is 1. The number of rotatable bonds is 4. The summed E-state index contributed by atoms with van der Waals surface area (Å²) < 4.78 is 6.07. The highest BCUT2D eigenvalue weighted by Crippen LogP contribution is 2.38. The first-order chi connectivity index (χ1) is 8.15. The Labute approximate surface area is 107 Å². The summed E-state index contributed by atoms with van der Waals surface area (Å²) in [6.45, 7) is 8.96. The first-order valence-corrected chi connectivity index (χ1v) is 7.53. The van der Waals surface area contributed by atoms with Gasteiger partial charge in [-0.3, -0.25) is 0 Å². The zero-order valence-corrected chi connectivity index (χ0v) is 11.8. The number of hydrogen-bond acceptors (Lipinski definition) is 2. The lowest BCUT2D eigenvalue weighted by Gasteiger charge is -2.42. The fourth-order valence-corrected chi connectivity index (χ4v) is 3.77. The van der Waals surface area contributed by atoms with Crippen LogP contribution in [0.15, 0.2) is 0 Å². The second-order valence-corrected chi connectivity index (χ2v) is 6.32. The van der Waals surface area contributed by atoms with Gasteiger partial charge in [0.25, 0.3) is 0 Å². The van der Waals surface area contributed by atoms with Gasteiger partial charge in [-0.15, -0.1) is 0 Å². The van der Waals surface area contributed by atoms with Crippen LogP contribution in [0.25, 0.3) is 0 Å². The van der Waals surface area contributed by atoms with Crippen LogP contribution in [0.1, 0.15) is 59.3 Å². The Bertz CT molecular complexity index is 227. The molecule has 2 aliphatic rings. The lowest BCUT2D eigenvalue weighted by atomic mass is 9.73. The molecule has 17 heavy (non-hydrogen) atoms. The minimum absolute atomic E-state index is 0.0985. The van der Waals surface area contributed by atoms with E-state index in [1.54, 1.807) is 0 Å². The van der Waals surface area contributed by atoms with Crippen LogP contribution in [0, 0.1) is 11.8 Å². The molecule has 2 heteroatoms. The highest BCUT2D eigenvalue weighted by atomic mass is 16.5. The van der Waals surface area contributed by atoms with Crippen molar-refractivity contribution in [2.24, 2.45) is 11.8 Å². The molecule has 100 valence electrons. The molecule has 1 heterocycles. The smallest absolute Gasteiger partial charge is 0.0810 e. The average Bonchev–Trinajstić information content (AvgIpc) is 2.75. The summed E-state index contributed by atoms with van der Waals surface area (Å²) >= 11 is 0. The van der Waals surface area contributed by atoms with Gasteiger partial charge >= 0.3 is 0 Å². The molecule has 0 bridgehead atoms. The molecule has 1 saturated carbocycles. The predicted octanol–water partition coefficient (Wildman–Crippen LogP) is 3.36. The maximum Gasteiger partial charge on any atom is 0.0810 e. The van der Waals surface area contributed by atoms with E-state index < -0.39 is 0 Å². The summed E-state index contributed by atoms with van der Waals surface area (Å²) in [6.07, 6.45) is 8.05. The molecule has 0 radical (unpaired) electrons. The maximum atomic E-state index is 6.07. The molecule has 1 aliphatic carbocycles. The predicted molar refractivity (Wildman–Crippen MR) is 72.2 cm³/mol. The molecule has 2 rings (SSSR count). The van der Waals surface area contributed by atoms with Crippen LogP contribution in [-0.2, 0) is 4.74 Å². The van der Waals surface area contributed by atoms with Crippen LogP contribution in [0.3, 0.4) is 0 Å². The van der Waals surface area contributed by atoms with Crippen molar-refractivity contribution in [3.05, 3.63) is 0 Å². The SMILES string of the molecule is CCNC(C1CCC(C)CC1)C1(C)CCCO1. The Hall–Kier alpha value is -0.0800. The Morgan fingerprint density at radius 3 is 2.53 bits per heavy atom. The minimum atomic E-state index is 0.0985. The minimum Gasteiger partial charge on any atom is -0.374 e. The van der Waals surface area contributed by atoms with E-state index in [1.165, 1.54) is 38.5 Å². The van der Waals surface area contributed by atoms with E-state index in [9.17, 15) is 0 Å². The molecule has 0 aromatic rings. The van der Waals surface area contributed by atoms with Crippen molar-refractivity contribution in [1.29, 1.82) is 0 Å². The molecular formula is C15H29NO. The van der Waals surface area contributed by atoms with E-state index in [1.807, 2.05) is 0 Å². The van der Waals surface area contributed by atoms with Gasteiger partial charge in [0.15, 0.2) is 0 Å². The third-order valence-electron chi connectivity index (χ3n) is 4.86. The Balaban J connectivity index is 2.01. The molecule has 2 fully saturated rings. The quantitative estimate of drug-likeness (QED) is 0.812. The first kappa shape index (κ1) is 13.4. The zero-order valence-electron chi connectivity index (χ0n) is 11.8. The van der Waals surface area contributed by atoms with Crippen molar-refractivity contribution in [3.63, 3.8) is 0 Å². The molecule has 1 saturated heterocycles. The molecule has 0 spiro atoms. The maximum absolute atomic E-state index is 6.07. The van der Waals surface area contributed by atoms with E-state index in [0.29, 0.717) is 6.04 Å². The van der Waals surface area contributed by atoms with E-state index in [-0.39, 0.29) is 5.60 Å². The number of likely N-dealkylation sites (N-methyl/N-ethyl adjacent to an activating group) is 1. The van der Waals surface area contributed by atoms with Crippen LogP contribution in [0.4, 0.5) is 0 Å². The fraction of sp³-hybridized carbons (Fsp3) is 1.00. The van der Waals surface area contributed by atoms with Crippen molar-refractivity contribution in [2.45, 2.75) is 70.9 Å². The van der Waals surface area contributed by atoms with Crippen molar-refractivity contribution in [2.75, 3.05) is 13.2 Å². The molecule has 2 unspecified atom stereocenters. The average molecular weight is 239 g/mol. The third-order valence-corrected chi connectivity index (χ3v) is 4.86. The summed E-state index contributed by atoms with van der Waals surface area (Å²) in [6, 6.07) is 0.572. The molecule has 0 aromatic carbocycles. The van der Waals surface area contributed by atoms with E-state index >= 15 is 0 Å². The second kappa shape index (κ2) is 5.71. The van der Waals surface area contributed by atoms with E-state index in [2.05, 4.69) is 26.1 Å². The van der Waals surface area contributed by atoms with Crippen LogP contribution in [-0.4, -0.2) is 24.8 Å². The summed E-state index contributed by atoms with van der Waals surface area (Å²) in [5.74, 6) is 1.76. The Morgan fingerprint density at radius 1 is 1.29 bits per heavy atom. The van der Waals surface area contributed by atoms with Crippen LogP contribution in [0.5, 0.6) is 0 Å². The highest BCUT2D eigenvalue weighted by Gasteiger charge is 2.42. The Morgan fingerprint density at radius 2 is 2.00 bits per heavy atom. The fourth-order valence-electron chi connectivity index (χ4n) is 3.77. The van der Waals surface area contributed by atoms with Gasteiger partial charge < -0.3 is 10.1 Å². The van der Waals surface area contributed by atoms with Crippen molar-refractivity contribution < 1.29 is 4.74 Å². The normalized spacial score (nSPS) is 40.4. The zero-order chi connectivity index (χ0) is 12.3. The molecule has 2 nitrogen and oxygen atoms in total. The molecular weight excluding hydrogens is 210 g/mol. The molecule has 0 amide bonds. The van der Waals surface area contributed by atoms with Gasteiger partial charge in [-0.25, -0.2) is 0 Å². The topological polar surface area (TPSA) is 21.3 Å². The molecule has 0 aromatic heterocycles.